The number of carbonyl (C=O) groups is 1. The summed E-state index contributed by atoms with van der Waals surface area (Å²) >= 11 is 1.37. The molecule has 1 amide bonds. The fraction of sp³-hybridized carbons (Fsp3) is 0.318. The first kappa shape index (κ1) is 18.6. The summed E-state index contributed by atoms with van der Waals surface area (Å²) in [5.74, 6) is -0.125. The van der Waals surface area contributed by atoms with E-state index < -0.39 is 0 Å². The number of rotatable bonds is 4. The summed E-state index contributed by atoms with van der Waals surface area (Å²) < 4.78 is 0. The van der Waals surface area contributed by atoms with E-state index in [0.29, 0.717) is 4.88 Å². The normalized spacial score (nSPS) is 14.5. The zero-order chi connectivity index (χ0) is 19.3. The second kappa shape index (κ2) is 8.52. The molecule has 2 aromatic heterocycles. The SMILES string of the molecule is Cc1nc(-c2ccccn2)sc1C(=O)Nc1ccc(N2CCCCCC2)cc1. The quantitative estimate of drug-likeness (QED) is 0.667. The van der Waals surface area contributed by atoms with Crippen LogP contribution in [0.3, 0.4) is 0 Å². The first-order valence-corrected chi connectivity index (χ1v) is 10.6. The van der Waals surface area contributed by atoms with E-state index in [-0.39, 0.29) is 5.91 Å². The number of nitrogens with one attached hydrogen (secondary N) is 1. The van der Waals surface area contributed by atoms with Crippen molar-refractivity contribution in [1.29, 1.82) is 0 Å². The van der Waals surface area contributed by atoms with Crippen LogP contribution < -0.4 is 10.2 Å². The van der Waals surface area contributed by atoms with E-state index in [2.05, 4.69) is 32.3 Å². The van der Waals surface area contributed by atoms with Crippen molar-refractivity contribution in [3.63, 3.8) is 0 Å². The lowest BCUT2D eigenvalue weighted by Crippen LogP contribution is -2.23. The van der Waals surface area contributed by atoms with Crippen LogP contribution in [-0.4, -0.2) is 29.0 Å². The van der Waals surface area contributed by atoms with Gasteiger partial charge in [-0.15, -0.1) is 11.3 Å². The maximum atomic E-state index is 12.7. The van der Waals surface area contributed by atoms with E-state index in [1.807, 2.05) is 37.3 Å². The van der Waals surface area contributed by atoms with Crippen molar-refractivity contribution in [2.75, 3.05) is 23.3 Å². The summed E-state index contributed by atoms with van der Waals surface area (Å²) in [5, 5.41) is 3.76. The molecule has 0 unspecified atom stereocenters. The van der Waals surface area contributed by atoms with Gasteiger partial charge in [-0.05, 0) is 56.2 Å². The number of hydrogen-bond donors (Lipinski definition) is 1. The molecular weight excluding hydrogens is 368 g/mol. The number of benzene rings is 1. The van der Waals surface area contributed by atoms with Crippen molar-refractivity contribution in [2.45, 2.75) is 32.6 Å². The minimum Gasteiger partial charge on any atom is -0.372 e. The molecule has 1 aliphatic heterocycles. The van der Waals surface area contributed by atoms with Gasteiger partial charge in [-0.2, -0.15) is 0 Å². The molecule has 0 bridgehead atoms. The van der Waals surface area contributed by atoms with Crippen LogP contribution in [0.4, 0.5) is 11.4 Å². The largest absolute Gasteiger partial charge is 0.372 e. The predicted molar refractivity (Wildman–Crippen MR) is 115 cm³/mol. The summed E-state index contributed by atoms with van der Waals surface area (Å²) in [5.41, 5.74) is 3.54. The Morgan fingerprint density at radius 2 is 1.79 bits per heavy atom. The van der Waals surface area contributed by atoms with Gasteiger partial charge in [-0.25, -0.2) is 4.98 Å². The van der Waals surface area contributed by atoms with E-state index in [4.69, 9.17) is 0 Å². The summed E-state index contributed by atoms with van der Waals surface area (Å²) in [4.78, 5) is 24.6. The fourth-order valence-corrected chi connectivity index (χ4v) is 4.42. The van der Waals surface area contributed by atoms with Gasteiger partial charge in [-0.3, -0.25) is 9.78 Å². The summed E-state index contributed by atoms with van der Waals surface area (Å²) in [6.45, 7) is 4.09. The number of carbonyl (C=O) groups excluding carboxylic acids is 1. The molecule has 3 heterocycles. The van der Waals surface area contributed by atoms with Crippen LogP contribution in [0.1, 0.15) is 41.0 Å². The van der Waals surface area contributed by atoms with Crippen molar-refractivity contribution in [3.05, 3.63) is 59.2 Å². The lowest BCUT2D eigenvalue weighted by Gasteiger charge is -2.22. The van der Waals surface area contributed by atoms with Gasteiger partial charge < -0.3 is 10.2 Å². The number of aryl methyl sites for hydroxylation is 1. The number of thiazole rings is 1. The van der Waals surface area contributed by atoms with Gasteiger partial charge in [0, 0.05) is 30.7 Å². The Labute approximate surface area is 169 Å². The Hall–Kier alpha value is -2.73. The highest BCUT2D eigenvalue weighted by atomic mass is 32.1. The third-order valence-electron chi connectivity index (χ3n) is 4.98. The van der Waals surface area contributed by atoms with E-state index in [9.17, 15) is 4.79 Å². The minimum absolute atomic E-state index is 0.125. The van der Waals surface area contributed by atoms with Crippen molar-refractivity contribution < 1.29 is 4.79 Å². The summed E-state index contributed by atoms with van der Waals surface area (Å²) in [7, 11) is 0. The van der Waals surface area contributed by atoms with Gasteiger partial charge >= 0.3 is 0 Å². The Bertz CT molecular complexity index is 929. The number of pyridine rings is 1. The van der Waals surface area contributed by atoms with Gasteiger partial charge in [0.2, 0.25) is 0 Å². The number of aromatic nitrogens is 2. The highest BCUT2D eigenvalue weighted by Crippen LogP contribution is 2.27. The monoisotopic (exact) mass is 392 g/mol. The topological polar surface area (TPSA) is 58.1 Å². The van der Waals surface area contributed by atoms with Gasteiger partial charge in [0.1, 0.15) is 9.88 Å². The van der Waals surface area contributed by atoms with Crippen LogP contribution >= 0.6 is 11.3 Å². The molecule has 28 heavy (non-hydrogen) atoms. The Kier molecular flexibility index (Phi) is 5.67. The number of amides is 1. The van der Waals surface area contributed by atoms with Gasteiger partial charge in [-0.1, -0.05) is 18.9 Å². The van der Waals surface area contributed by atoms with E-state index >= 15 is 0 Å². The van der Waals surface area contributed by atoms with Crippen molar-refractivity contribution in [2.24, 2.45) is 0 Å². The van der Waals surface area contributed by atoms with E-state index in [1.54, 1.807) is 6.20 Å². The Balaban J connectivity index is 1.46. The lowest BCUT2D eigenvalue weighted by atomic mass is 10.2. The Morgan fingerprint density at radius 1 is 1.04 bits per heavy atom. The predicted octanol–water partition coefficient (Wildman–Crippen LogP) is 5.15. The zero-order valence-corrected chi connectivity index (χ0v) is 16.8. The second-order valence-electron chi connectivity index (χ2n) is 7.05. The second-order valence-corrected chi connectivity index (χ2v) is 8.05. The Morgan fingerprint density at radius 3 is 2.46 bits per heavy atom. The highest BCUT2D eigenvalue weighted by Gasteiger charge is 2.17. The summed E-state index contributed by atoms with van der Waals surface area (Å²) in [6, 6.07) is 13.8. The molecule has 5 nitrogen and oxygen atoms in total. The molecule has 1 aliphatic rings. The maximum absolute atomic E-state index is 12.7. The molecule has 0 saturated carbocycles. The molecule has 1 saturated heterocycles. The number of nitrogens with zero attached hydrogens (tertiary/aromatic N) is 3. The van der Waals surface area contributed by atoms with Crippen LogP contribution in [0, 0.1) is 6.92 Å². The molecule has 0 radical (unpaired) electrons. The van der Waals surface area contributed by atoms with Gasteiger partial charge in [0.15, 0.2) is 0 Å². The summed E-state index contributed by atoms with van der Waals surface area (Å²) in [6.07, 6.45) is 6.87. The molecule has 6 heteroatoms. The molecule has 1 N–H and O–H groups in total. The van der Waals surface area contributed by atoms with Crippen LogP contribution in [0.5, 0.6) is 0 Å². The fourth-order valence-electron chi connectivity index (χ4n) is 3.48. The van der Waals surface area contributed by atoms with E-state index in [0.717, 1.165) is 35.2 Å². The third kappa shape index (κ3) is 4.22. The van der Waals surface area contributed by atoms with Crippen LogP contribution in [0.2, 0.25) is 0 Å². The molecule has 0 atom stereocenters. The average molecular weight is 393 g/mol. The number of hydrogen-bond acceptors (Lipinski definition) is 5. The van der Waals surface area contributed by atoms with Crippen LogP contribution in [0.25, 0.3) is 10.7 Å². The lowest BCUT2D eigenvalue weighted by molar-refractivity contribution is 0.103. The molecule has 1 fully saturated rings. The third-order valence-corrected chi connectivity index (χ3v) is 6.16. The molecule has 0 spiro atoms. The molecule has 1 aromatic carbocycles. The van der Waals surface area contributed by atoms with E-state index in [1.165, 1.54) is 42.7 Å². The van der Waals surface area contributed by atoms with Gasteiger partial charge in [0.25, 0.3) is 5.91 Å². The van der Waals surface area contributed by atoms with Crippen molar-refractivity contribution in [3.8, 4) is 10.7 Å². The molecule has 0 aliphatic carbocycles. The standard InChI is InChI=1S/C22H24N4OS/c1-16-20(28-22(24-16)19-8-4-5-13-23-19)21(27)25-17-9-11-18(12-10-17)26-14-6-2-3-7-15-26/h4-5,8-13H,2-3,6-7,14-15H2,1H3,(H,25,27). The van der Waals surface area contributed by atoms with Gasteiger partial charge in [0.05, 0.1) is 11.4 Å². The smallest absolute Gasteiger partial charge is 0.267 e. The first-order chi connectivity index (χ1) is 13.7. The highest BCUT2D eigenvalue weighted by molar-refractivity contribution is 7.17. The average Bonchev–Trinajstić information content (AvgIpc) is 2.93. The molecule has 3 aromatic rings. The zero-order valence-electron chi connectivity index (χ0n) is 16.0. The minimum atomic E-state index is -0.125. The van der Waals surface area contributed by atoms with Crippen molar-refractivity contribution in [1.82, 2.24) is 9.97 Å². The first-order valence-electron chi connectivity index (χ1n) is 9.76. The molecule has 144 valence electrons. The maximum Gasteiger partial charge on any atom is 0.267 e. The van der Waals surface area contributed by atoms with Crippen LogP contribution in [0.15, 0.2) is 48.7 Å². The molecular formula is C22H24N4OS. The number of anilines is 2. The van der Waals surface area contributed by atoms with Crippen LogP contribution in [-0.2, 0) is 0 Å². The molecule has 4 rings (SSSR count). The van der Waals surface area contributed by atoms with Crippen molar-refractivity contribution >= 4 is 28.6 Å².